The van der Waals surface area contributed by atoms with Gasteiger partial charge in [0.15, 0.2) is 0 Å². The molecule has 1 amide bonds. The van der Waals surface area contributed by atoms with E-state index < -0.39 is 0 Å². The van der Waals surface area contributed by atoms with Crippen LogP contribution in [0.25, 0.3) is 0 Å². The average molecular weight is 227 g/mol. The standard InChI is InChI=1S/C13H13N3O/c14-10-7-4-8-11(15)12(10)16-13(17)9-5-2-1-3-6-9/h1-8H,14-15H2,(H,16,17). The van der Waals surface area contributed by atoms with Gasteiger partial charge in [0.2, 0.25) is 0 Å². The lowest BCUT2D eigenvalue weighted by Gasteiger charge is -2.10. The van der Waals surface area contributed by atoms with E-state index in [-0.39, 0.29) is 5.91 Å². The van der Waals surface area contributed by atoms with Gasteiger partial charge >= 0.3 is 0 Å². The first-order valence-electron chi connectivity index (χ1n) is 5.19. The van der Waals surface area contributed by atoms with Crippen LogP contribution < -0.4 is 16.8 Å². The van der Waals surface area contributed by atoms with Crippen molar-refractivity contribution in [3.63, 3.8) is 0 Å². The summed E-state index contributed by atoms with van der Waals surface area (Å²) < 4.78 is 0. The van der Waals surface area contributed by atoms with E-state index in [0.29, 0.717) is 22.6 Å². The Balaban J connectivity index is 2.25. The maximum atomic E-state index is 11.9. The number of anilines is 3. The highest BCUT2D eigenvalue weighted by atomic mass is 16.1. The molecule has 0 aliphatic rings. The second-order valence-electron chi connectivity index (χ2n) is 3.63. The number of rotatable bonds is 2. The van der Waals surface area contributed by atoms with Crippen LogP contribution in [0.5, 0.6) is 0 Å². The second-order valence-corrected chi connectivity index (χ2v) is 3.63. The van der Waals surface area contributed by atoms with E-state index in [1.54, 1.807) is 42.5 Å². The summed E-state index contributed by atoms with van der Waals surface area (Å²) in [7, 11) is 0. The number of hydrogen-bond donors (Lipinski definition) is 3. The molecule has 4 nitrogen and oxygen atoms in total. The maximum absolute atomic E-state index is 11.9. The zero-order valence-electron chi connectivity index (χ0n) is 9.18. The van der Waals surface area contributed by atoms with Crippen molar-refractivity contribution in [2.45, 2.75) is 0 Å². The topological polar surface area (TPSA) is 81.1 Å². The predicted molar refractivity (Wildman–Crippen MR) is 69.7 cm³/mol. The van der Waals surface area contributed by atoms with Crippen LogP contribution in [-0.2, 0) is 0 Å². The van der Waals surface area contributed by atoms with E-state index in [2.05, 4.69) is 5.32 Å². The normalized spacial score (nSPS) is 9.88. The Morgan fingerprint density at radius 3 is 2.06 bits per heavy atom. The van der Waals surface area contributed by atoms with E-state index >= 15 is 0 Å². The van der Waals surface area contributed by atoms with E-state index in [9.17, 15) is 4.79 Å². The lowest BCUT2D eigenvalue weighted by molar-refractivity contribution is 0.102. The summed E-state index contributed by atoms with van der Waals surface area (Å²) >= 11 is 0. The molecule has 0 fully saturated rings. The van der Waals surface area contributed by atoms with Crippen LogP contribution in [0, 0.1) is 0 Å². The van der Waals surface area contributed by atoms with Gasteiger partial charge < -0.3 is 16.8 Å². The van der Waals surface area contributed by atoms with Crippen LogP contribution in [-0.4, -0.2) is 5.91 Å². The third kappa shape index (κ3) is 2.36. The number of nitrogen functional groups attached to an aromatic ring is 2. The number of para-hydroxylation sites is 1. The van der Waals surface area contributed by atoms with Gasteiger partial charge in [0.1, 0.15) is 0 Å². The van der Waals surface area contributed by atoms with Crippen LogP contribution >= 0.6 is 0 Å². The van der Waals surface area contributed by atoms with Gasteiger partial charge in [0.25, 0.3) is 5.91 Å². The Hall–Kier alpha value is -2.49. The molecule has 0 atom stereocenters. The van der Waals surface area contributed by atoms with E-state index in [4.69, 9.17) is 11.5 Å². The van der Waals surface area contributed by atoms with Crippen molar-refractivity contribution < 1.29 is 4.79 Å². The molecule has 0 aromatic heterocycles. The van der Waals surface area contributed by atoms with Gasteiger partial charge in [-0.05, 0) is 24.3 Å². The van der Waals surface area contributed by atoms with Gasteiger partial charge in [-0.1, -0.05) is 24.3 Å². The molecule has 0 saturated carbocycles. The number of benzene rings is 2. The fraction of sp³-hybridized carbons (Fsp3) is 0. The van der Waals surface area contributed by atoms with Gasteiger partial charge in [0, 0.05) is 5.56 Å². The molecule has 17 heavy (non-hydrogen) atoms. The number of carbonyl (C=O) groups is 1. The predicted octanol–water partition coefficient (Wildman–Crippen LogP) is 2.10. The van der Waals surface area contributed by atoms with Crippen LogP contribution in [0.15, 0.2) is 48.5 Å². The van der Waals surface area contributed by atoms with Gasteiger partial charge in [-0.2, -0.15) is 0 Å². The first-order valence-corrected chi connectivity index (χ1v) is 5.19. The van der Waals surface area contributed by atoms with Crippen LogP contribution in [0.4, 0.5) is 17.1 Å². The third-order valence-corrected chi connectivity index (χ3v) is 2.40. The Bertz CT molecular complexity index is 517. The van der Waals surface area contributed by atoms with E-state index in [1.165, 1.54) is 0 Å². The molecule has 0 aliphatic carbocycles. The maximum Gasteiger partial charge on any atom is 0.255 e. The minimum Gasteiger partial charge on any atom is -0.397 e. The molecule has 0 aliphatic heterocycles. The molecule has 0 bridgehead atoms. The zero-order valence-corrected chi connectivity index (χ0v) is 9.18. The van der Waals surface area contributed by atoms with Crippen molar-refractivity contribution in [3.05, 3.63) is 54.1 Å². The largest absolute Gasteiger partial charge is 0.397 e. The zero-order chi connectivity index (χ0) is 12.3. The summed E-state index contributed by atoms with van der Waals surface area (Å²) in [5, 5.41) is 2.71. The van der Waals surface area contributed by atoms with Crippen molar-refractivity contribution in [2.75, 3.05) is 16.8 Å². The van der Waals surface area contributed by atoms with Gasteiger partial charge in [0.05, 0.1) is 17.1 Å². The molecule has 0 heterocycles. The molecular formula is C13H13N3O. The van der Waals surface area contributed by atoms with Gasteiger partial charge in [-0.15, -0.1) is 0 Å². The molecular weight excluding hydrogens is 214 g/mol. The summed E-state index contributed by atoms with van der Waals surface area (Å²) in [5.74, 6) is -0.227. The first-order chi connectivity index (χ1) is 8.18. The molecule has 0 radical (unpaired) electrons. The fourth-order valence-electron chi connectivity index (χ4n) is 1.51. The third-order valence-electron chi connectivity index (χ3n) is 2.40. The number of carbonyl (C=O) groups excluding carboxylic acids is 1. The summed E-state index contributed by atoms with van der Waals surface area (Å²) in [6.07, 6.45) is 0. The number of amides is 1. The van der Waals surface area contributed by atoms with Crippen molar-refractivity contribution in [2.24, 2.45) is 0 Å². The Morgan fingerprint density at radius 1 is 0.882 bits per heavy atom. The average Bonchev–Trinajstić information content (AvgIpc) is 2.35. The fourth-order valence-corrected chi connectivity index (χ4v) is 1.51. The molecule has 0 saturated heterocycles. The van der Waals surface area contributed by atoms with Crippen LogP contribution in [0.2, 0.25) is 0 Å². The molecule has 0 spiro atoms. The number of nitrogens with one attached hydrogen (secondary N) is 1. The Morgan fingerprint density at radius 2 is 1.47 bits per heavy atom. The number of hydrogen-bond acceptors (Lipinski definition) is 3. The van der Waals surface area contributed by atoms with Crippen molar-refractivity contribution in [3.8, 4) is 0 Å². The van der Waals surface area contributed by atoms with Crippen LogP contribution in [0.3, 0.4) is 0 Å². The summed E-state index contributed by atoms with van der Waals surface area (Å²) in [4.78, 5) is 11.9. The first kappa shape index (κ1) is 11.0. The highest BCUT2D eigenvalue weighted by Crippen LogP contribution is 2.25. The highest BCUT2D eigenvalue weighted by Gasteiger charge is 2.09. The SMILES string of the molecule is Nc1cccc(N)c1NC(=O)c1ccccc1. The second kappa shape index (κ2) is 4.57. The smallest absolute Gasteiger partial charge is 0.255 e. The lowest BCUT2D eigenvalue weighted by Crippen LogP contribution is -2.14. The quantitative estimate of drug-likeness (QED) is 0.687. The minimum atomic E-state index is -0.227. The molecule has 5 N–H and O–H groups in total. The van der Waals surface area contributed by atoms with E-state index in [1.807, 2.05) is 6.07 Å². The molecule has 0 unspecified atom stereocenters. The molecule has 2 rings (SSSR count). The molecule has 86 valence electrons. The van der Waals surface area contributed by atoms with Gasteiger partial charge in [-0.3, -0.25) is 4.79 Å². The molecule has 2 aromatic rings. The van der Waals surface area contributed by atoms with Crippen LogP contribution in [0.1, 0.15) is 10.4 Å². The molecule has 4 heteroatoms. The number of nitrogens with two attached hydrogens (primary N) is 2. The monoisotopic (exact) mass is 227 g/mol. The summed E-state index contributed by atoms with van der Waals surface area (Å²) in [6.45, 7) is 0. The minimum absolute atomic E-state index is 0.227. The van der Waals surface area contributed by atoms with Gasteiger partial charge in [-0.25, -0.2) is 0 Å². The molecule has 2 aromatic carbocycles. The van der Waals surface area contributed by atoms with E-state index in [0.717, 1.165) is 0 Å². The van der Waals surface area contributed by atoms with Crippen molar-refractivity contribution >= 4 is 23.0 Å². The summed E-state index contributed by atoms with van der Waals surface area (Å²) in [6, 6.07) is 14.0. The Kier molecular flexibility index (Phi) is 2.96. The van der Waals surface area contributed by atoms with Crippen molar-refractivity contribution in [1.29, 1.82) is 0 Å². The summed E-state index contributed by atoms with van der Waals surface area (Å²) in [5.41, 5.74) is 13.4. The highest BCUT2D eigenvalue weighted by molar-refractivity contribution is 6.07. The Labute approximate surface area is 99.2 Å². The lowest BCUT2D eigenvalue weighted by atomic mass is 10.2. The van der Waals surface area contributed by atoms with Crippen molar-refractivity contribution in [1.82, 2.24) is 0 Å².